The zero-order valence-corrected chi connectivity index (χ0v) is 74.8. The molecular formula is C97H81ClFN17O2S6. The van der Waals surface area contributed by atoms with E-state index >= 15 is 0 Å². The Morgan fingerprint density at radius 2 is 0.927 bits per heavy atom. The molecule has 0 N–H and O–H groups in total. The Bertz CT molecular complexity index is 6530. The Morgan fingerprint density at radius 1 is 0.444 bits per heavy atom. The summed E-state index contributed by atoms with van der Waals surface area (Å²) in [7, 11) is 2.05. The third kappa shape index (κ3) is 29.3. The molecule has 2 aromatic carbocycles. The average Bonchev–Trinajstić information content (AvgIpc) is 1.45. The number of thiazole rings is 6. The Hall–Kier alpha value is -13.7. The number of hydrogen-bond donors (Lipinski definition) is 0. The maximum absolute atomic E-state index is 13.1. The van der Waals surface area contributed by atoms with Crippen LogP contribution in [0, 0.1) is 113 Å². The summed E-state index contributed by atoms with van der Waals surface area (Å²) >= 11 is 15.4. The second-order valence-electron chi connectivity index (χ2n) is 26.8. The number of para-hydroxylation sites is 1. The van der Waals surface area contributed by atoms with Crippen LogP contribution in [0.5, 0.6) is 17.2 Å². The minimum Gasteiger partial charge on any atom is -0.493 e. The lowest BCUT2D eigenvalue weighted by atomic mass is 10.1. The normalized spacial score (nSPS) is 10.9. The standard InChI is InChI=1S/C20H14N4S.C19H16N2OS.C16H16FN3S.C16H11N3OS.C15H17N3S.C11H7ClN2S/c1-15-23-18(14-25-15)8-6-16-7-9-20(21-13-16)17-4-2-5-19(12-17)24-11-3-10-22-24;1-3-22-19-7-5-4-6-17(19)18-11-9-15(12-20-18)8-10-16-13-23-14(2)21-16;1-12-19-15(11-21-12)4-2-13-3-5-16(18-10-13)20-8-6-14(17)7-9-20;1-12-19-14(11-21-12)5-4-13-7-16(10-18-8-13)20-15-3-2-6-17-9-15;1-4-9-18(3)15-8-6-13(10-16-15)5-7-14-11-19-12(2)17-14;1-8-14-11(7-15-8)3-2-9-4-10(12)6-13-5-9/h2-5,7,9-14H,1H3;4-7,9,11-13H,3H2,1-2H3;3,5,10-11,14H,6-9H2,1H3;2-3,6-11H,1H3;6,8,10-11H,4,9H2,1-3H3;4-7H,1H3. The topological polar surface area (TPSA) is 210 Å². The lowest BCUT2D eigenvalue weighted by molar-refractivity contribution is 0.276. The number of piperidine rings is 1. The molecule has 616 valence electrons. The van der Waals surface area contributed by atoms with Gasteiger partial charge in [-0.15, -0.1) is 68.0 Å². The highest BCUT2D eigenvalue weighted by Gasteiger charge is 2.19. The Kier molecular flexibility index (Phi) is 33.8. The Balaban J connectivity index is 0.000000136. The van der Waals surface area contributed by atoms with E-state index in [4.69, 9.17) is 21.1 Å². The minimum atomic E-state index is -0.659. The Labute approximate surface area is 750 Å². The monoisotopic (exact) mass is 1760 g/mol. The van der Waals surface area contributed by atoms with Gasteiger partial charge in [-0.2, -0.15) is 5.10 Å². The molecule has 17 rings (SSSR count). The van der Waals surface area contributed by atoms with Crippen molar-refractivity contribution in [3.63, 3.8) is 0 Å². The highest BCUT2D eigenvalue weighted by Crippen LogP contribution is 2.29. The summed E-state index contributed by atoms with van der Waals surface area (Å²) in [5.41, 5.74) is 14.7. The van der Waals surface area contributed by atoms with Crippen LogP contribution in [0.1, 0.15) is 131 Å². The summed E-state index contributed by atoms with van der Waals surface area (Å²) in [6.45, 7) is 19.1. The number of halogens is 2. The van der Waals surface area contributed by atoms with Crippen molar-refractivity contribution in [3.05, 3.63) is 337 Å². The molecule has 0 spiro atoms. The van der Waals surface area contributed by atoms with Gasteiger partial charge < -0.3 is 19.3 Å². The number of rotatable bonds is 11. The molecule has 1 aliphatic rings. The summed E-state index contributed by atoms with van der Waals surface area (Å²) in [6, 6.07) is 41.0. The number of pyridine rings is 7. The van der Waals surface area contributed by atoms with Crippen molar-refractivity contribution in [2.45, 2.75) is 80.8 Å². The van der Waals surface area contributed by atoms with E-state index in [2.05, 4.69) is 171 Å². The molecule has 1 aliphatic heterocycles. The first-order valence-corrected chi connectivity index (χ1v) is 44.7. The summed E-state index contributed by atoms with van der Waals surface area (Å²) in [6.07, 6.45) is 22.4. The average molecular weight is 1760 g/mol. The molecule has 14 aromatic heterocycles. The highest BCUT2D eigenvalue weighted by molar-refractivity contribution is 7.11. The van der Waals surface area contributed by atoms with Crippen molar-refractivity contribution in [2.75, 3.05) is 43.1 Å². The highest BCUT2D eigenvalue weighted by atomic mass is 35.5. The maximum atomic E-state index is 13.1. The van der Waals surface area contributed by atoms with Crippen LogP contribution in [0.3, 0.4) is 0 Å². The second-order valence-corrected chi connectivity index (χ2v) is 33.6. The molecule has 0 saturated carbocycles. The molecule has 27 heteroatoms. The number of aromatic nitrogens is 15. The van der Waals surface area contributed by atoms with E-state index in [1.165, 1.54) is 0 Å². The van der Waals surface area contributed by atoms with Gasteiger partial charge in [-0.1, -0.05) is 78.3 Å². The van der Waals surface area contributed by atoms with Crippen molar-refractivity contribution in [1.82, 2.24) is 74.6 Å². The first-order chi connectivity index (χ1) is 60.5. The van der Waals surface area contributed by atoms with Gasteiger partial charge >= 0.3 is 0 Å². The third-order valence-corrected chi connectivity index (χ3v) is 22.0. The van der Waals surface area contributed by atoms with E-state index < -0.39 is 6.17 Å². The second kappa shape index (κ2) is 46.9. The SMILES string of the molecule is CCCN(C)c1ccc(C#Cc2csc(C)n2)cn1.CCOc1ccccc1-c1ccc(C#Cc2csc(C)n2)cn1.Cc1nc(C#Cc2ccc(-c3cccc(-n4cccn4)c3)nc2)cs1.Cc1nc(C#Cc2ccc(N3CCC(F)CC3)nc2)cs1.Cc1nc(C#Cc2cncc(Cl)c2)cs1.Cc1nc(C#Cc2cncc(Oc3cccnc3)c2)cs1. The van der Waals surface area contributed by atoms with Crippen LogP contribution in [-0.4, -0.2) is 114 Å². The van der Waals surface area contributed by atoms with Crippen LogP contribution in [0.4, 0.5) is 16.0 Å². The fraction of sp³-hybridized carbons (Fsp3) is 0.175. The molecule has 15 heterocycles. The summed E-state index contributed by atoms with van der Waals surface area (Å²) in [5.74, 6) is 40.6. The molecular weight excluding hydrogens is 1680 g/mol. The van der Waals surface area contributed by atoms with Gasteiger partial charge in [-0.05, 0) is 206 Å². The smallest absolute Gasteiger partial charge is 0.147 e. The predicted molar refractivity (Wildman–Crippen MR) is 501 cm³/mol. The number of hydrogen-bond acceptors (Lipinski definition) is 24. The number of nitrogens with zero attached hydrogens (tertiary/aromatic N) is 17. The summed E-state index contributed by atoms with van der Waals surface area (Å²) < 4.78 is 26.3. The summed E-state index contributed by atoms with van der Waals surface area (Å²) in [5, 5.41) is 22.7. The van der Waals surface area contributed by atoms with Crippen LogP contribution < -0.4 is 19.3 Å². The first kappa shape index (κ1) is 89.5. The van der Waals surface area contributed by atoms with Crippen LogP contribution in [-0.2, 0) is 0 Å². The first-order valence-electron chi connectivity index (χ1n) is 39.0. The van der Waals surface area contributed by atoms with Crippen molar-refractivity contribution >= 4 is 91.3 Å². The van der Waals surface area contributed by atoms with Gasteiger partial charge in [0.15, 0.2) is 0 Å². The fourth-order valence-electron chi connectivity index (χ4n) is 11.2. The lowest BCUT2D eigenvalue weighted by Crippen LogP contribution is -2.34. The third-order valence-electron chi connectivity index (χ3n) is 17.1. The van der Waals surface area contributed by atoms with E-state index in [0.29, 0.717) is 36.0 Å². The van der Waals surface area contributed by atoms with Crippen molar-refractivity contribution in [2.24, 2.45) is 0 Å². The van der Waals surface area contributed by atoms with Gasteiger partial charge in [0.2, 0.25) is 0 Å². The number of benzene rings is 2. The van der Waals surface area contributed by atoms with E-state index in [0.717, 1.165) is 169 Å². The minimum absolute atomic E-state index is 0.590. The zero-order valence-electron chi connectivity index (χ0n) is 69.2. The zero-order chi connectivity index (χ0) is 86.6. The van der Waals surface area contributed by atoms with Crippen molar-refractivity contribution in [3.8, 4) is 116 Å². The molecule has 124 heavy (non-hydrogen) atoms. The van der Waals surface area contributed by atoms with Gasteiger partial charge in [0.1, 0.15) is 69.2 Å². The molecule has 0 radical (unpaired) electrons. The number of aryl methyl sites for hydroxylation is 6. The molecule has 0 bridgehead atoms. The molecule has 0 amide bonds. The van der Waals surface area contributed by atoms with E-state index in [1.807, 2.05) is 213 Å². The largest absolute Gasteiger partial charge is 0.493 e. The predicted octanol–water partition coefficient (Wildman–Crippen LogP) is 21.0. The maximum Gasteiger partial charge on any atom is 0.147 e. The van der Waals surface area contributed by atoms with E-state index in [9.17, 15) is 4.39 Å². The number of anilines is 2. The van der Waals surface area contributed by atoms with Gasteiger partial charge in [0.05, 0.1) is 71.1 Å². The van der Waals surface area contributed by atoms with Crippen LogP contribution in [0.25, 0.3) is 28.2 Å². The molecule has 0 aliphatic carbocycles. The van der Waals surface area contributed by atoms with Crippen LogP contribution >= 0.6 is 79.6 Å². The number of alkyl halides is 1. The van der Waals surface area contributed by atoms with Gasteiger partial charge in [0.25, 0.3) is 0 Å². The van der Waals surface area contributed by atoms with Gasteiger partial charge in [0, 0.05) is 165 Å². The van der Waals surface area contributed by atoms with Crippen LogP contribution in [0.2, 0.25) is 5.02 Å². The van der Waals surface area contributed by atoms with E-state index in [1.54, 1.807) is 136 Å². The molecule has 1 saturated heterocycles. The number of ether oxygens (including phenoxy) is 2. The van der Waals surface area contributed by atoms with E-state index in [-0.39, 0.29) is 0 Å². The van der Waals surface area contributed by atoms with Gasteiger partial charge in [-0.3, -0.25) is 24.9 Å². The molecule has 16 aromatic rings. The van der Waals surface area contributed by atoms with Crippen molar-refractivity contribution in [1.29, 1.82) is 0 Å². The molecule has 1 fully saturated rings. The molecule has 0 atom stereocenters. The lowest BCUT2D eigenvalue weighted by Gasteiger charge is -2.29. The van der Waals surface area contributed by atoms with Gasteiger partial charge in [-0.25, -0.2) is 48.9 Å². The molecule has 0 unspecified atom stereocenters. The Morgan fingerprint density at radius 3 is 1.37 bits per heavy atom. The fourth-order valence-corrected chi connectivity index (χ4v) is 14.7. The quantitative estimate of drug-likeness (QED) is 0.110. The summed E-state index contributed by atoms with van der Waals surface area (Å²) in [4.78, 5) is 60.1. The molecule has 19 nitrogen and oxygen atoms in total. The van der Waals surface area contributed by atoms with Crippen molar-refractivity contribution < 1.29 is 13.9 Å². The van der Waals surface area contributed by atoms with Crippen LogP contribution in [0.15, 0.2) is 234 Å².